The smallest absolute Gasteiger partial charge is 0.194 e. The third-order valence-electron chi connectivity index (χ3n) is 3.42. The number of rotatable bonds is 6. The largest absolute Gasteiger partial charge is 0.353 e. The van der Waals surface area contributed by atoms with Crippen LogP contribution in [0.15, 0.2) is 24.0 Å². The molecule has 7 heteroatoms. The molecule has 21 heavy (non-hydrogen) atoms. The van der Waals surface area contributed by atoms with E-state index in [1.165, 1.54) is 12.8 Å². The van der Waals surface area contributed by atoms with E-state index in [2.05, 4.69) is 38.5 Å². The van der Waals surface area contributed by atoms with Crippen LogP contribution in [0.4, 0.5) is 0 Å². The molecule has 0 bridgehead atoms. The molecule has 0 amide bonds. The first-order valence-electron chi connectivity index (χ1n) is 7.36. The molecule has 1 saturated heterocycles. The second-order valence-electron chi connectivity index (χ2n) is 4.86. The lowest BCUT2D eigenvalue weighted by Crippen LogP contribution is -2.40. The van der Waals surface area contributed by atoms with Crippen molar-refractivity contribution in [2.24, 2.45) is 4.99 Å². The van der Waals surface area contributed by atoms with E-state index in [0.717, 1.165) is 50.9 Å². The molecule has 0 radical (unpaired) electrons. The van der Waals surface area contributed by atoms with E-state index in [1.807, 2.05) is 6.08 Å². The van der Waals surface area contributed by atoms with Crippen LogP contribution in [-0.2, 0) is 13.0 Å². The molecule has 0 atom stereocenters. The third kappa shape index (κ3) is 5.29. The summed E-state index contributed by atoms with van der Waals surface area (Å²) in [6.07, 6.45) is 7.04. The number of halogens is 1. The Morgan fingerprint density at radius 3 is 2.90 bits per heavy atom. The van der Waals surface area contributed by atoms with Gasteiger partial charge in [-0.3, -0.25) is 4.99 Å². The Kier molecular flexibility index (Phi) is 8.33. The van der Waals surface area contributed by atoms with Crippen LogP contribution in [0.3, 0.4) is 0 Å². The van der Waals surface area contributed by atoms with Gasteiger partial charge >= 0.3 is 0 Å². The lowest BCUT2D eigenvalue weighted by molar-refractivity contribution is 0.493. The Hall–Kier alpha value is -1.12. The number of likely N-dealkylation sites (tertiary alicyclic amines) is 1. The van der Waals surface area contributed by atoms with Crippen molar-refractivity contribution in [3.63, 3.8) is 0 Å². The van der Waals surface area contributed by atoms with Crippen molar-refractivity contribution in [1.29, 1.82) is 0 Å². The Morgan fingerprint density at radius 2 is 2.24 bits per heavy atom. The van der Waals surface area contributed by atoms with Crippen LogP contribution in [0.5, 0.6) is 0 Å². The summed E-state index contributed by atoms with van der Waals surface area (Å²) in [5.41, 5.74) is 0. The topological polar surface area (TPSA) is 58.3 Å². The van der Waals surface area contributed by atoms with Gasteiger partial charge in [-0.05, 0) is 12.8 Å². The summed E-state index contributed by atoms with van der Waals surface area (Å²) in [4.78, 5) is 7.02. The summed E-state index contributed by atoms with van der Waals surface area (Å²) in [7, 11) is 0. The molecule has 1 fully saturated rings. The average Bonchev–Trinajstić information content (AvgIpc) is 3.13. The fourth-order valence-electron chi connectivity index (χ4n) is 2.36. The van der Waals surface area contributed by atoms with Gasteiger partial charge in [0.25, 0.3) is 0 Å². The normalized spacial score (nSPS) is 14.9. The van der Waals surface area contributed by atoms with E-state index >= 15 is 0 Å². The second kappa shape index (κ2) is 9.75. The number of guanidine groups is 1. The first-order valence-corrected chi connectivity index (χ1v) is 7.36. The summed E-state index contributed by atoms with van der Waals surface area (Å²) >= 11 is 0. The van der Waals surface area contributed by atoms with Crippen molar-refractivity contribution in [2.75, 3.05) is 26.2 Å². The van der Waals surface area contributed by atoms with Crippen LogP contribution in [0.2, 0.25) is 0 Å². The molecule has 1 aromatic heterocycles. The van der Waals surface area contributed by atoms with E-state index in [0.29, 0.717) is 0 Å². The zero-order chi connectivity index (χ0) is 14.2. The van der Waals surface area contributed by atoms with Crippen molar-refractivity contribution in [3.8, 4) is 0 Å². The maximum Gasteiger partial charge on any atom is 0.194 e. The molecule has 1 aliphatic heterocycles. The minimum Gasteiger partial charge on any atom is -0.353 e. The fraction of sp³-hybridized carbons (Fsp3) is 0.643. The average molecular weight is 404 g/mol. The SMILES string of the molecule is C=CCNC(=NCCn1cnnc1CC)N1CCCC1.I. The summed E-state index contributed by atoms with van der Waals surface area (Å²) in [5, 5.41) is 11.4. The molecule has 118 valence electrons. The van der Waals surface area contributed by atoms with Gasteiger partial charge in [0.2, 0.25) is 0 Å². The van der Waals surface area contributed by atoms with Gasteiger partial charge in [-0.1, -0.05) is 13.0 Å². The molecule has 0 aromatic carbocycles. The summed E-state index contributed by atoms with van der Waals surface area (Å²) in [5.74, 6) is 2.01. The van der Waals surface area contributed by atoms with Crippen LogP contribution in [0.25, 0.3) is 0 Å². The Labute approximate surface area is 143 Å². The molecule has 1 N–H and O–H groups in total. The highest BCUT2D eigenvalue weighted by Gasteiger charge is 2.15. The Morgan fingerprint density at radius 1 is 1.48 bits per heavy atom. The quantitative estimate of drug-likeness (QED) is 0.339. The van der Waals surface area contributed by atoms with E-state index < -0.39 is 0 Å². The van der Waals surface area contributed by atoms with E-state index in [4.69, 9.17) is 4.99 Å². The molecular weight excluding hydrogens is 379 g/mol. The molecule has 6 nitrogen and oxygen atoms in total. The van der Waals surface area contributed by atoms with Crippen LogP contribution in [0.1, 0.15) is 25.6 Å². The summed E-state index contributed by atoms with van der Waals surface area (Å²) in [6.45, 7) is 10.3. The van der Waals surface area contributed by atoms with Gasteiger partial charge in [0.05, 0.1) is 6.54 Å². The fourth-order valence-corrected chi connectivity index (χ4v) is 2.36. The lowest BCUT2D eigenvalue weighted by Gasteiger charge is -2.20. The highest BCUT2D eigenvalue weighted by molar-refractivity contribution is 14.0. The van der Waals surface area contributed by atoms with Gasteiger partial charge in [0.15, 0.2) is 5.96 Å². The van der Waals surface area contributed by atoms with Crippen LogP contribution in [0, 0.1) is 0 Å². The lowest BCUT2D eigenvalue weighted by atomic mass is 10.4. The first kappa shape index (κ1) is 17.9. The van der Waals surface area contributed by atoms with Gasteiger partial charge in [-0.2, -0.15) is 0 Å². The zero-order valence-corrected chi connectivity index (χ0v) is 15.0. The maximum atomic E-state index is 4.70. The number of nitrogens with zero attached hydrogens (tertiary/aromatic N) is 5. The highest BCUT2D eigenvalue weighted by atomic mass is 127. The van der Waals surface area contributed by atoms with E-state index in [1.54, 1.807) is 6.33 Å². The van der Waals surface area contributed by atoms with Gasteiger partial charge in [-0.25, -0.2) is 0 Å². The summed E-state index contributed by atoms with van der Waals surface area (Å²) in [6, 6.07) is 0. The summed E-state index contributed by atoms with van der Waals surface area (Å²) < 4.78 is 2.07. The number of aromatic nitrogens is 3. The predicted octanol–water partition coefficient (Wildman–Crippen LogP) is 1.69. The minimum absolute atomic E-state index is 0. The second-order valence-corrected chi connectivity index (χ2v) is 4.86. The first-order chi connectivity index (χ1) is 9.85. The highest BCUT2D eigenvalue weighted by Crippen LogP contribution is 2.07. The molecule has 0 spiro atoms. The van der Waals surface area contributed by atoms with Crippen molar-refractivity contribution in [1.82, 2.24) is 25.0 Å². The van der Waals surface area contributed by atoms with Gasteiger partial charge in [-0.15, -0.1) is 40.8 Å². The van der Waals surface area contributed by atoms with Crippen molar-refractivity contribution < 1.29 is 0 Å². The maximum absolute atomic E-state index is 4.70. The Balaban J connectivity index is 0.00000220. The standard InChI is InChI=1S/C14H24N6.HI/c1-3-7-15-14(19-9-5-6-10-19)16-8-11-20-12-17-18-13(20)4-2;/h3,12H,1,4-11H2,2H3,(H,15,16);1H. The molecule has 2 heterocycles. The number of aliphatic imine (C=N–C) groups is 1. The van der Waals surface area contributed by atoms with Crippen molar-refractivity contribution in [2.45, 2.75) is 32.7 Å². The number of hydrogen-bond acceptors (Lipinski definition) is 3. The van der Waals surface area contributed by atoms with Gasteiger partial charge < -0.3 is 14.8 Å². The Bertz CT molecular complexity index is 450. The third-order valence-corrected chi connectivity index (χ3v) is 3.42. The predicted molar refractivity (Wildman–Crippen MR) is 96.1 cm³/mol. The van der Waals surface area contributed by atoms with E-state index in [-0.39, 0.29) is 24.0 Å². The zero-order valence-electron chi connectivity index (χ0n) is 12.7. The van der Waals surface area contributed by atoms with E-state index in [9.17, 15) is 0 Å². The molecule has 0 aliphatic carbocycles. The molecule has 0 saturated carbocycles. The molecule has 0 unspecified atom stereocenters. The number of hydrogen-bond donors (Lipinski definition) is 1. The van der Waals surface area contributed by atoms with Crippen LogP contribution in [-0.4, -0.2) is 51.8 Å². The molecule has 2 rings (SSSR count). The van der Waals surface area contributed by atoms with Gasteiger partial charge in [0, 0.05) is 32.6 Å². The number of aryl methyl sites for hydroxylation is 1. The van der Waals surface area contributed by atoms with Crippen molar-refractivity contribution >= 4 is 29.9 Å². The molecule has 1 aromatic rings. The molecular formula is C14H25IN6. The van der Waals surface area contributed by atoms with Crippen LogP contribution < -0.4 is 5.32 Å². The van der Waals surface area contributed by atoms with Gasteiger partial charge in [0.1, 0.15) is 12.2 Å². The van der Waals surface area contributed by atoms with Crippen molar-refractivity contribution in [3.05, 3.63) is 24.8 Å². The monoisotopic (exact) mass is 404 g/mol. The van der Waals surface area contributed by atoms with Crippen LogP contribution >= 0.6 is 24.0 Å². The minimum atomic E-state index is 0. The number of nitrogens with one attached hydrogen (secondary N) is 1. The molecule has 1 aliphatic rings.